The van der Waals surface area contributed by atoms with Crippen LogP contribution in [-0.4, -0.2) is 42.3 Å². The van der Waals surface area contributed by atoms with Crippen LogP contribution in [0.15, 0.2) is 72.8 Å². The minimum Gasteiger partial charge on any atom is -0.340 e. The monoisotopic (exact) mass is 457 g/mol. The molecule has 2 N–H and O–H groups in total. The number of hydrogen-bond donors (Lipinski definition) is 2. The first-order valence-corrected chi connectivity index (χ1v) is 11.3. The molecule has 0 fully saturated rings. The van der Waals surface area contributed by atoms with Crippen LogP contribution in [0.2, 0.25) is 0 Å². The average molecular weight is 458 g/mol. The molecule has 0 radical (unpaired) electrons. The van der Waals surface area contributed by atoms with E-state index in [-0.39, 0.29) is 24.3 Å². The fourth-order valence-electron chi connectivity index (χ4n) is 4.00. The number of likely N-dealkylation sites (N-methyl/N-ethyl adjacent to an activating group) is 1. The number of benzene rings is 3. The maximum absolute atomic E-state index is 13.3. The first-order chi connectivity index (χ1) is 16.2. The number of hydrogen-bond acceptors (Lipinski definition) is 3. The molecule has 0 aliphatic carbocycles. The average Bonchev–Trinajstić information content (AvgIpc) is 2.81. The van der Waals surface area contributed by atoms with Crippen molar-refractivity contribution in [3.63, 3.8) is 0 Å². The first-order valence-electron chi connectivity index (χ1n) is 11.3. The fourth-order valence-corrected chi connectivity index (χ4v) is 4.00. The van der Waals surface area contributed by atoms with E-state index in [0.29, 0.717) is 12.0 Å². The zero-order valence-corrected chi connectivity index (χ0v) is 20.1. The first kappa shape index (κ1) is 24.7. The van der Waals surface area contributed by atoms with Crippen molar-refractivity contribution in [1.29, 1.82) is 0 Å². The molecular weight excluding hydrogens is 426 g/mol. The highest BCUT2D eigenvalue weighted by Crippen LogP contribution is 2.21. The zero-order valence-electron chi connectivity index (χ0n) is 20.1. The molecule has 0 heterocycles. The maximum atomic E-state index is 13.3. The van der Waals surface area contributed by atoms with Crippen molar-refractivity contribution in [2.75, 3.05) is 18.9 Å². The zero-order chi connectivity index (χ0) is 24.7. The minimum atomic E-state index is -0.809. The number of aryl methyl sites for hydroxylation is 3. The Balaban J connectivity index is 1.72. The van der Waals surface area contributed by atoms with Gasteiger partial charge in [0, 0.05) is 24.7 Å². The Labute approximate surface area is 201 Å². The van der Waals surface area contributed by atoms with E-state index in [9.17, 15) is 14.4 Å². The lowest BCUT2D eigenvalue weighted by Crippen LogP contribution is -2.50. The van der Waals surface area contributed by atoms with Crippen LogP contribution in [0.25, 0.3) is 0 Å². The van der Waals surface area contributed by atoms with Crippen molar-refractivity contribution in [1.82, 2.24) is 10.2 Å². The summed E-state index contributed by atoms with van der Waals surface area (Å²) in [6, 6.07) is 21.5. The number of carbonyl (C=O) groups excluding carboxylic acids is 3. The van der Waals surface area contributed by atoms with E-state index in [0.717, 1.165) is 27.9 Å². The van der Waals surface area contributed by atoms with Gasteiger partial charge in [-0.15, -0.1) is 0 Å². The second-order valence-electron chi connectivity index (χ2n) is 8.60. The van der Waals surface area contributed by atoms with Crippen LogP contribution in [0.4, 0.5) is 5.69 Å². The van der Waals surface area contributed by atoms with Crippen molar-refractivity contribution in [3.8, 4) is 0 Å². The summed E-state index contributed by atoms with van der Waals surface area (Å²) < 4.78 is 0. The molecule has 3 aromatic carbocycles. The van der Waals surface area contributed by atoms with Gasteiger partial charge in [0.05, 0.1) is 6.54 Å². The molecule has 6 nitrogen and oxygen atoms in total. The van der Waals surface area contributed by atoms with Gasteiger partial charge in [0.2, 0.25) is 11.8 Å². The van der Waals surface area contributed by atoms with Gasteiger partial charge in [-0.1, -0.05) is 66.2 Å². The van der Waals surface area contributed by atoms with Crippen molar-refractivity contribution < 1.29 is 14.4 Å². The highest BCUT2D eigenvalue weighted by atomic mass is 16.2. The van der Waals surface area contributed by atoms with Gasteiger partial charge in [0.25, 0.3) is 5.91 Å². The lowest BCUT2D eigenvalue weighted by Gasteiger charge is -2.25. The Morgan fingerprint density at radius 1 is 0.853 bits per heavy atom. The predicted molar refractivity (Wildman–Crippen MR) is 135 cm³/mol. The van der Waals surface area contributed by atoms with Gasteiger partial charge < -0.3 is 15.5 Å². The largest absolute Gasteiger partial charge is 0.340 e. The van der Waals surface area contributed by atoms with Crippen LogP contribution in [0.1, 0.15) is 32.6 Å². The van der Waals surface area contributed by atoms with Gasteiger partial charge in [-0.2, -0.15) is 0 Å². The molecule has 34 heavy (non-hydrogen) atoms. The Bertz CT molecular complexity index is 1140. The summed E-state index contributed by atoms with van der Waals surface area (Å²) in [5, 5.41) is 5.77. The molecule has 1 unspecified atom stereocenters. The van der Waals surface area contributed by atoms with E-state index in [2.05, 4.69) is 10.6 Å². The molecule has 0 saturated carbocycles. The molecule has 6 heteroatoms. The standard InChI is InChI=1S/C28H31N3O3/c1-19-15-20(2)26(21(3)16-19)30-25(32)18-31(4)28(34)24(17-22-11-7-5-8-12-22)29-27(33)23-13-9-6-10-14-23/h5-16,24H,17-18H2,1-4H3,(H,29,33)(H,30,32). The Hall–Kier alpha value is -3.93. The molecule has 0 bridgehead atoms. The van der Waals surface area contributed by atoms with Crippen LogP contribution >= 0.6 is 0 Å². The Morgan fingerprint density at radius 2 is 1.41 bits per heavy atom. The molecule has 3 aromatic rings. The van der Waals surface area contributed by atoms with Crippen LogP contribution in [-0.2, 0) is 16.0 Å². The molecule has 0 aliphatic rings. The van der Waals surface area contributed by atoms with Gasteiger partial charge in [0.1, 0.15) is 6.04 Å². The van der Waals surface area contributed by atoms with Gasteiger partial charge >= 0.3 is 0 Å². The fraction of sp³-hybridized carbons (Fsp3) is 0.250. The second-order valence-corrected chi connectivity index (χ2v) is 8.60. The molecule has 1 atom stereocenters. The van der Waals surface area contributed by atoms with E-state index in [1.807, 2.05) is 69.3 Å². The van der Waals surface area contributed by atoms with Crippen molar-refractivity contribution in [3.05, 3.63) is 101 Å². The summed E-state index contributed by atoms with van der Waals surface area (Å²) in [5.41, 5.74) is 5.21. The molecule has 0 aliphatic heterocycles. The number of carbonyl (C=O) groups is 3. The number of nitrogens with zero attached hydrogens (tertiary/aromatic N) is 1. The van der Waals surface area contributed by atoms with Gasteiger partial charge in [-0.05, 0) is 49.6 Å². The number of amides is 3. The summed E-state index contributed by atoms with van der Waals surface area (Å²) in [6.45, 7) is 5.77. The van der Waals surface area contributed by atoms with Crippen molar-refractivity contribution in [2.24, 2.45) is 0 Å². The molecule has 176 valence electrons. The van der Waals surface area contributed by atoms with E-state index in [4.69, 9.17) is 0 Å². The molecule has 0 saturated heterocycles. The third kappa shape index (κ3) is 6.54. The molecular formula is C28H31N3O3. The highest BCUT2D eigenvalue weighted by Gasteiger charge is 2.26. The lowest BCUT2D eigenvalue weighted by molar-refractivity contribution is -0.135. The molecule has 0 aromatic heterocycles. The van der Waals surface area contributed by atoms with Crippen LogP contribution < -0.4 is 10.6 Å². The van der Waals surface area contributed by atoms with Crippen LogP contribution in [0.5, 0.6) is 0 Å². The Morgan fingerprint density at radius 3 is 2.00 bits per heavy atom. The SMILES string of the molecule is Cc1cc(C)c(NC(=O)CN(C)C(=O)C(Cc2ccccc2)NC(=O)c2ccccc2)c(C)c1. The number of nitrogens with one attached hydrogen (secondary N) is 2. The quantitative estimate of drug-likeness (QED) is 0.536. The lowest BCUT2D eigenvalue weighted by atomic mass is 10.0. The maximum Gasteiger partial charge on any atom is 0.251 e. The second kappa shape index (κ2) is 11.3. The Kier molecular flexibility index (Phi) is 8.19. The van der Waals surface area contributed by atoms with Crippen LogP contribution in [0, 0.1) is 20.8 Å². The minimum absolute atomic E-state index is 0.127. The van der Waals surface area contributed by atoms with Gasteiger partial charge in [-0.3, -0.25) is 14.4 Å². The smallest absolute Gasteiger partial charge is 0.251 e. The molecule has 3 amide bonds. The van der Waals surface area contributed by atoms with Crippen molar-refractivity contribution >= 4 is 23.4 Å². The summed E-state index contributed by atoms with van der Waals surface area (Å²) in [7, 11) is 1.57. The summed E-state index contributed by atoms with van der Waals surface area (Å²) in [4.78, 5) is 40.2. The van der Waals surface area contributed by atoms with Gasteiger partial charge in [0.15, 0.2) is 0 Å². The van der Waals surface area contributed by atoms with E-state index in [1.54, 1.807) is 31.3 Å². The normalized spacial score (nSPS) is 11.4. The summed E-state index contributed by atoms with van der Waals surface area (Å²) in [5.74, 6) is -0.960. The predicted octanol–water partition coefficient (Wildman–Crippen LogP) is 4.05. The van der Waals surface area contributed by atoms with Crippen LogP contribution in [0.3, 0.4) is 0 Å². The summed E-state index contributed by atoms with van der Waals surface area (Å²) in [6.07, 6.45) is 0.320. The van der Waals surface area contributed by atoms with E-state index in [1.165, 1.54) is 4.90 Å². The number of anilines is 1. The number of rotatable bonds is 8. The molecule has 0 spiro atoms. The van der Waals surface area contributed by atoms with Gasteiger partial charge in [-0.25, -0.2) is 0 Å². The molecule has 3 rings (SSSR count). The van der Waals surface area contributed by atoms with Crippen molar-refractivity contribution in [2.45, 2.75) is 33.2 Å². The van der Waals surface area contributed by atoms with E-state index < -0.39 is 6.04 Å². The topological polar surface area (TPSA) is 78.5 Å². The van der Waals surface area contributed by atoms with E-state index >= 15 is 0 Å². The third-order valence-electron chi connectivity index (χ3n) is 5.62. The third-order valence-corrected chi connectivity index (χ3v) is 5.62. The summed E-state index contributed by atoms with van der Waals surface area (Å²) >= 11 is 0. The highest BCUT2D eigenvalue weighted by molar-refractivity contribution is 5.99.